The van der Waals surface area contributed by atoms with E-state index in [1.807, 2.05) is 30.5 Å². The van der Waals surface area contributed by atoms with Crippen LogP contribution in [0.5, 0.6) is 5.88 Å². The number of hydrogen-bond donors (Lipinski definition) is 1. The normalized spacial score (nSPS) is 10.4. The van der Waals surface area contributed by atoms with Gasteiger partial charge in [0.25, 0.3) is 0 Å². The van der Waals surface area contributed by atoms with Crippen LogP contribution in [0.2, 0.25) is 0 Å². The molecule has 0 atom stereocenters. The van der Waals surface area contributed by atoms with Crippen LogP contribution >= 0.6 is 15.9 Å². The van der Waals surface area contributed by atoms with Crippen molar-refractivity contribution in [2.75, 3.05) is 6.61 Å². The highest BCUT2D eigenvalue weighted by Crippen LogP contribution is 2.16. The maximum Gasteiger partial charge on any atom is 0.214 e. The average Bonchev–Trinajstić information content (AvgIpc) is 2.44. The smallest absolute Gasteiger partial charge is 0.214 e. The minimum absolute atomic E-state index is 0.183. The minimum Gasteiger partial charge on any atom is -0.473 e. The summed E-state index contributed by atoms with van der Waals surface area (Å²) in [6.45, 7) is 0.634. The van der Waals surface area contributed by atoms with Crippen molar-refractivity contribution in [2.24, 2.45) is 0 Å². The van der Waals surface area contributed by atoms with Gasteiger partial charge in [-0.2, -0.15) is 0 Å². The van der Waals surface area contributed by atoms with Crippen LogP contribution in [0.1, 0.15) is 17.5 Å². The van der Waals surface area contributed by atoms with Gasteiger partial charge in [0.05, 0.1) is 0 Å². The molecule has 0 spiro atoms. The SMILES string of the molecule is OCCCc1cnccc1COc1cccc(Br)n1. The quantitative estimate of drug-likeness (QED) is 0.831. The van der Waals surface area contributed by atoms with Crippen molar-refractivity contribution >= 4 is 15.9 Å². The Morgan fingerprint density at radius 2 is 2.11 bits per heavy atom. The van der Waals surface area contributed by atoms with Crippen LogP contribution in [0.4, 0.5) is 0 Å². The third-order valence-corrected chi connectivity index (χ3v) is 3.12. The largest absolute Gasteiger partial charge is 0.473 e. The molecule has 2 rings (SSSR count). The van der Waals surface area contributed by atoms with E-state index in [1.54, 1.807) is 6.20 Å². The highest BCUT2D eigenvalue weighted by Gasteiger charge is 2.04. The third kappa shape index (κ3) is 4.29. The zero-order valence-electron chi connectivity index (χ0n) is 10.4. The molecule has 0 saturated heterocycles. The molecule has 0 unspecified atom stereocenters. The number of aryl methyl sites for hydroxylation is 1. The second kappa shape index (κ2) is 7.21. The van der Waals surface area contributed by atoms with E-state index in [0.717, 1.165) is 28.6 Å². The van der Waals surface area contributed by atoms with Crippen molar-refractivity contribution < 1.29 is 9.84 Å². The Labute approximate surface area is 120 Å². The van der Waals surface area contributed by atoms with E-state index >= 15 is 0 Å². The number of aliphatic hydroxyl groups is 1. The molecule has 5 heteroatoms. The van der Waals surface area contributed by atoms with E-state index in [4.69, 9.17) is 9.84 Å². The topological polar surface area (TPSA) is 55.2 Å². The molecular formula is C14H15BrN2O2. The van der Waals surface area contributed by atoms with Crippen molar-refractivity contribution in [3.8, 4) is 5.88 Å². The summed E-state index contributed by atoms with van der Waals surface area (Å²) in [6, 6.07) is 7.49. The van der Waals surface area contributed by atoms with E-state index in [9.17, 15) is 0 Å². The molecule has 0 bridgehead atoms. The first-order chi connectivity index (χ1) is 9.29. The van der Waals surface area contributed by atoms with Crippen LogP contribution in [0.25, 0.3) is 0 Å². The van der Waals surface area contributed by atoms with E-state index in [2.05, 4.69) is 25.9 Å². The van der Waals surface area contributed by atoms with Crippen molar-refractivity contribution in [1.29, 1.82) is 0 Å². The van der Waals surface area contributed by atoms with Crippen LogP contribution in [0, 0.1) is 0 Å². The van der Waals surface area contributed by atoms with Crippen molar-refractivity contribution in [1.82, 2.24) is 9.97 Å². The highest BCUT2D eigenvalue weighted by molar-refractivity contribution is 9.10. The van der Waals surface area contributed by atoms with Gasteiger partial charge in [-0.3, -0.25) is 4.98 Å². The van der Waals surface area contributed by atoms with Crippen LogP contribution in [0.3, 0.4) is 0 Å². The number of pyridine rings is 2. The van der Waals surface area contributed by atoms with Gasteiger partial charge < -0.3 is 9.84 Å². The standard InChI is InChI=1S/C14H15BrN2O2/c15-13-4-1-5-14(17-13)19-10-12-6-7-16-9-11(12)3-2-8-18/h1,4-7,9,18H,2-3,8,10H2. The first-order valence-electron chi connectivity index (χ1n) is 6.07. The summed E-state index contributed by atoms with van der Waals surface area (Å²) in [5.41, 5.74) is 2.18. The van der Waals surface area contributed by atoms with Gasteiger partial charge in [0, 0.05) is 25.1 Å². The van der Waals surface area contributed by atoms with Crippen LogP contribution in [0.15, 0.2) is 41.3 Å². The molecule has 0 radical (unpaired) electrons. The van der Waals surface area contributed by atoms with Gasteiger partial charge in [0.15, 0.2) is 0 Å². The molecule has 0 amide bonds. The van der Waals surface area contributed by atoms with Crippen LogP contribution in [-0.4, -0.2) is 21.7 Å². The van der Waals surface area contributed by atoms with E-state index in [-0.39, 0.29) is 6.61 Å². The third-order valence-electron chi connectivity index (χ3n) is 2.67. The monoisotopic (exact) mass is 322 g/mol. The summed E-state index contributed by atoms with van der Waals surface area (Å²) in [6.07, 6.45) is 5.10. The maximum absolute atomic E-state index is 8.89. The van der Waals surface area contributed by atoms with Gasteiger partial charge in [-0.25, -0.2) is 4.98 Å². The Kier molecular flexibility index (Phi) is 5.30. The fourth-order valence-corrected chi connectivity index (χ4v) is 2.04. The molecule has 0 aliphatic carbocycles. The summed E-state index contributed by atoms with van der Waals surface area (Å²) >= 11 is 3.31. The lowest BCUT2D eigenvalue weighted by molar-refractivity contribution is 0.283. The van der Waals surface area contributed by atoms with Crippen LogP contribution < -0.4 is 4.74 Å². The molecule has 0 aromatic carbocycles. The molecule has 100 valence electrons. The number of halogens is 1. The Morgan fingerprint density at radius 1 is 1.21 bits per heavy atom. The van der Waals surface area contributed by atoms with E-state index in [0.29, 0.717) is 12.5 Å². The lowest BCUT2D eigenvalue weighted by Crippen LogP contribution is -2.03. The first-order valence-corrected chi connectivity index (χ1v) is 6.87. The van der Waals surface area contributed by atoms with Gasteiger partial charge in [-0.15, -0.1) is 0 Å². The van der Waals surface area contributed by atoms with Crippen molar-refractivity contribution in [2.45, 2.75) is 19.4 Å². The fraction of sp³-hybridized carbons (Fsp3) is 0.286. The number of aliphatic hydroxyl groups excluding tert-OH is 1. The van der Waals surface area contributed by atoms with Gasteiger partial charge in [0.1, 0.15) is 11.2 Å². The highest BCUT2D eigenvalue weighted by atomic mass is 79.9. The second-order valence-corrected chi connectivity index (χ2v) is 4.87. The Balaban J connectivity index is 2.02. The van der Waals surface area contributed by atoms with Gasteiger partial charge in [0.2, 0.25) is 5.88 Å². The number of nitrogens with zero attached hydrogens (tertiary/aromatic N) is 2. The zero-order valence-corrected chi connectivity index (χ0v) is 12.0. The molecule has 19 heavy (non-hydrogen) atoms. The van der Waals surface area contributed by atoms with Gasteiger partial charge in [-0.1, -0.05) is 6.07 Å². The van der Waals surface area contributed by atoms with Crippen molar-refractivity contribution in [3.05, 3.63) is 52.4 Å². The number of ether oxygens (including phenoxy) is 1. The maximum atomic E-state index is 8.89. The summed E-state index contributed by atoms with van der Waals surface area (Å²) in [4.78, 5) is 8.33. The summed E-state index contributed by atoms with van der Waals surface area (Å²) in [7, 11) is 0. The molecule has 0 fully saturated rings. The number of rotatable bonds is 6. The molecule has 0 saturated carbocycles. The van der Waals surface area contributed by atoms with Gasteiger partial charge >= 0.3 is 0 Å². The van der Waals surface area contributed by atoms with Crippen LogP contribution in [-0.2, 0) is 13.0 Å². The fourth-order valence-electron chi connectivity index (χ4n) is 1.71. The molecule has 1 N–H and O–H groups in total. The number of aromatic nitrogens is 2. The lowest BCUT2D eigenvalue weighted by atomic mass is 10.1. The predicted octanol–water partition coefficient (Wildman–Crippen LogP) is 2.74. The predicted molar refractivity (Wildman–Crippen MR) is 75.9 cm³/mol. The lowest BCUT2D eigenvalue weighted by Gasteiger charge is -2.09. The van der Waals surface area contributed by atoms with Gasteiger partial charge in [-0.05, 0) is 52.0 Å². The summed E-state index contributed by atoms with van der Waals surface area (Å²) in [5, 5.41) is 8.89. The Hall–Kier alpha value is -1.46. The molecular weight excluding hydrogens is 308 g/mol. The molecule has 2 heterocycles. The number of hydrogen-bond acceptors (Lipinski definition) is 4. The average molecular weight is 323 g/mol. The Morgan fingerprint density at radius 3 is 2.89 bits per heavy atom. The molecule has 2 aromatic rings. The molecule has 4 nitrogen and oxygen atoms in total. The molecule has 0 aliphatic heterocycles. The summed E-state index contributed by atoms with van der Waals surface area (Å²) in [5.74, 6) is 0.583. The minimum atomic E-state index is 0.183. The second-order valence-electron chi connectivity index (χ2n) is 4.06. The molecule has 0 aliphatic rings. The zero-order chi connectivity index (χ0) is 13.5. The van der Waals surface area contributed by atoms with E-state index < -0.39 is 0 Å². The first kappa shape index (κ1) is 14.0. The molecule has 2 aromatic heterocycles. The van der Waals surface area contributed by atoms with E-state index in [1.165, 1.54) is 0 Å². The Bertz CT molecular complexity index is 534. The van der Waals surface area contributed by atoms with Crippen molar-refractivity contribution in [3.63, 3.8) is 0 Å². The summed E-state index contributed by atoms with van der Waals surface area (Å²) < 4.78 is 6.41.